The number of carbonyl (C=O) groups excluding carboxylic acids is 3. The second-order valence-electron chi connectivity index (χ2n) is 8.94. The molecule has 0 radical (unpaired) electrons. The van der Waals surface area contributed by atoms with Crippen LogP contribution in [0.25, 0.3) is 0 Å². The van der Waals surface area contributed by atoms with Crippen molar-refractivity contribution >= 4 is 17.8 Å². The summed E-state index contributed by atoms with van der Waals surface area (Å²) in [6.07, 6.45) is 1.35. The first-order valence-corrected chi connectivity index (χ1v) is 11.8. The zero-order chi connectivity index (χ0) is 24.1. The van der Waals surface area contributed by atoms with Crippen molar-refractivity contribution < 1.29 is 19.1 Å². The van der Waals surface area contributed by atoms with Crippen molar-refractivity contribution in [2.75, 3.05) is 33.3 Å². The van der Waals surface area contributed by atoms with Crippen LogP contribution < -0.4 is 10.1 Å². The quantitative estimate of drug-likeness (QED) is 0.666. The van der Waals surface area contributed by atoms with Crippen LogP contribution in [-0.2, 0) is 22.7 Å². The maximum absolute atomic E-state index is 12.8. The summed E-state index contributed by atoms with van der Waals surface area (Å²) < 4.78 is 5.15. The Morgan fingerprint density at radius 3 is 2.21 bits per heavy atom. The van der Waals surface area contributed by atoms with Crippen LogP contribution in [0.1, 0.15) is 29.5 Å². The number of aryl methyl sites for hydroxylation is 1. The van der Waals surface area contributed by atoms with E-state index in [9.17, 15) is 14.4 Å². The third kappa shape index (κ3) is 5.50. The summed E-state index contributed by atoms with van der Waals surface area (Å²) in [5.41, 5.74) is 3.18. The lowest BCUT2D eigenvalue weighted by Gasteiger charge is -2.42. The lowest BCUT2D eigenvalue weighted by atomic mass is 10.0. The highest BCUT2D eigenvalue weighted by atomic mass is 16.5. The van der Waals surface area contributed by atoms with Gasteiger partial charge in [-0.1, -0.05) is 42.0 Å². The fourth-order valence-corrected chi connectivity index (χ4v) is 4.52. The largest absolute Gasteiger partial charge is 0.497 e. The third-order valence-electron chi connectivity index (χ3n) is 6.63. The lowest BCUT2D eigenvalue weighted by molar-refractivity contribution is -0.158. The highest BCUT2D eigenvalue weighted by Gasteiger charge is 2.37. The van der Waals surface area contributed by atoms with Crippen LogP contribution in [0, 0.1) is 6.92 Å². The number of urea groups is 1. The molecule has 2 saturated heterocycles. The molecule has 4 rings (SSSR count). The number of nitrogens with zero attached hydrogens (tertiary/aromatic N) is 3. The Balaban J connectivity index is 1.24. The van der Waals surface area contributed by atoms with Gasteiger partial charge in [0.25, 0.3) is 0 Å². The van der Waals surface area contributed by atoms with Crippen LogP contribution in [0.5, 0.6) is 5.75 Å². The Morgan fingerprint density at radius 2 is 1.56 bits per heavy atom. The number of benzene rings is 2. The monoisotopic (exact) mass is 464 g/mol. The van der Waals surface area contributed by atoms with E-state index in [1.54, 1.807) is 21.8 Å². The highest BCUT2D eigenvalue weighted by Crippen LogP contribution is 2.21. The summed E-state index contributed by atoms with van der Waals surface area (Å²) in [7, 11) is 1.62. The summed E-state index contributed by atoms with van der Waals surface area (Å²) in [5, 5.41) is 2.95. The molecule has 8 nitrogen and oxygen atoms in total. The molecule has 34 heavy (non-hydrogen) atoms. The number of methoxy groups -OCH3 is 1. The molecule has 0 atom stereocenters. The van der Waals surface area contributed by atoms with E-state index < -0.39 is 11.8 Å². The molecule has 2 heterocycles. The number of hydrogen-bond acceptors (Lipinski definition) is 4. The van der Waals surface area contributed by atoms with Crippen LogP contribution >= 0.6 is 0 Å². The van der Waals surface area contributed by atoms with Gasteiger partial charge >= 0.3 is 17.8 Å². The first kappa shape index (κ1) is 23.6. The van der Waals surface area contributed by atoms with Crippen molar-refractivity contribution in [3.63, 3.8) is 0 Å². The average molecular weight is 465 g/mol. The number of likely N-dealkylation sites (tertiary alicyclic amines) is 1. The average Bonchev–Trinajstić information content (AvgIpc) is 2.87. The second kappa shape index (κ2) is 10.6. The molecule has 0 unspecified atom stereocenters. The number of amides is 4. The number of piperidine rings is 1. The predicted octanol–water partition coefficient (Wildman–Crippen LogP) is 2.55. The Morgan fingerprint density at radius 1 is 0.912 bits per heavy atom. The zero-order valence-electron chi connectivity index (χ0n) is 19.8. The molecule has 1 N–H and O–H groups in total. The van der Waals surface area contributed by atoms with Gasteiger partial charge in [-0.05, 0) is 43.0 Å². The van der Waals surface area contributed by atoms with Crippen molar-refractivity contribution in [2.24, 2.45) is 0 Å². The minimum atomic E-state index is -0.438. The fourth-order valence-electron chi connectivity index (χ4n) is 4.52. The molecule has 2 aromatic rings. The van der Waals surface area contributed by atoms with Crippen LogP contribution in [0.2, 0.25) is 0 Å². The zero-order valence-corrected chi connectivity index (χ0v) is 19.8. The molecule has 0 aliphatic carbocycles. The molecule has 0 bridgehead atoms. The van der Waals surface area contributed by atoms with Crippen LogP contribution in [0.4, 0.5) is 4.79 Å². The van der Waals surface area contributed by atoms with E-state index in [2.05, 4.69) is 5.32 Å². The first-order valence-electron chi connectivity index (χ1n) is 11.8. The van der Waals surface area contributed by atoms with Gasteiger partial charge in [0.2, 0.25) is 0 Å². The number of piperazine rings is 1. The van der Waals surface area contributed by atoms with Gasteiger partial charge in [-0.3, -0.25) is 9.59 Å². The summed E-state index contributed by atoms with van der Waals surface area (Å²) in [4.78, 5) is 43.3. The number of carbonyl (C=O) groups is 3. The van der Waals surface area contributed by atoms with E-state index in [0.717, 1.165) is 22.4 Å². The summed E-state index contributed by atoms with van der Waals surface area (Å²) >= 11 is 0. The molecule has 0 saturated carbocycles. The van der Waals surface area contributed by atoms with Gasteiger partial charge in [-0.25, -0.2) is 4.79 Å². The molecule has 8 heteroatoms. The van der Waals surface area contributed by atoms with Crippen LogP contribution in [0.3, 0.4) is 0 Å². The lowest BCUT2D eigenvalue weighted by Crippen LogP contribution is -2.59. The highest BCUT2D eigenvalue weighted by molar-refractivity contribution is 6.35. The van der Waals surface area contributed by atoms with E-state index in [1.807, 2.05) is 55.5 Å². The van der Waals surface area contributed by atoms with E-state index in [0.29, 0.717) is 52.1 Å². The summed E-state index contributed by atoms with van der Waals surface area (Å²) in [6, 6.07) is 15.5. The number of hydrogen-bond donors (Lipinski definition) is 1. The summed E-state index contributed by atoms with van der Waals surface area (Å²) in [6.45, 7) is 5.09. The number of ether oxygens (including phenoxy) is 1. The van der Waals surface area contributed by atoms with Gasteiger partial charge < -0.3 is 24.8 Å². The van der Waals surface area contributed by atoms with E-state index >= 15 is 0 Å². The smallest absolute Gasteiger partial charge is 0.317 e. The Labute approximate surface area is 200 Å². The maximum Gasteiger partial charge on any atom is 0.317 e. The van der Waals surface area contributed by atoms with Gasteiger partial charge in [0, 0.05) is 45.3 Å². The molecule has 4 amide bonds. The predicted molar refractivity (Wildman–Crippen MR) is 128 cm³/mol. The Kier molecular flexibility index (Phi) is 7.35. The van der Waals surface area contributed by atoms with Crippen LogP contribution in [0.15, 0.2) is 48.5 Å². The SMILES string of the molecule is COc1ccc(CNC(=O)N2CCC(N3CCN(Cc4ccc(C)cc4)C(=O)C3=O)CC2)cc1. The van der Waals surface area contributed by atoms with Crippen molar-refractivity contribution in [2.45, 2.75) is 38.9 Å². The van der Waals surface area contributed by atoms with Crippen molar-refractivity contribution in [1.82, 2.24) is 20.0 Å². The number of rotatable bonds is 6. The Bertz CT molecular complexity index is 1010. The van der Waals surface area contributed by atoms with Crippen molar-refractivity contribution in [3.8, 4) is 5.75 Å². The topological polar surface area (TPSA) is 82.2 Å². The fraction of sp³-hybridized carbons (Fsp3) is 0.423. The van der Waals surface area contributed by atoms with Gasteiger partial charge in [-0.15, -0.1) is 0 Å². The molecular formula is C26H32N4O4. The standard InChI is InChI=1S/C26H32N4O4/c1-19-3-5-21(6-4-19)18-29-15-16-30(25(32)24(29)31)22-11-13-28(14-12-22)26(33)27-17-20-7-9-23(34-2)10-8-20/h3-10,22H,11-18H2,1-2H3,(H,27,33). The van der Waals surface area contributed by atoms with E-state index in [4.69, 9.17) is 4.74 Å². The molecule has 2 aromatic carbocycles. The van der Waals surface area contributed by atoms with Gasteiger partial charge in [0.1, 0.15) is 5.75 Å². The minimum absolute atomic E-state index is 0.0105. The molecule has 180 valence electrons. The molecule has 2 aliphatic rings. The van der Waals surface area contributed by atoms with Gasteiger partial charge in [0.15, 0.2) is 0 Å². The second-order valence-corrected chi connectivity index (χ2v) is 8.94. The van der Waals surface area contributed by atoms with Gasteiger partial charge in [-0.2, -0.15) is 0 Å². The van der Waals surface area contributed by atoms with Crippen molar-refractivity contribution in [1.29, 1.82) is 0 Å². The minimum Gasteiger partial charge on any atom is -0.497 e. The molecule has 2 aliphatic heterocycles. The van der Waals surface area contributed by atoms with Crippen molar-refractivity contribution in [3.05, 3.63) is 65.2 Å². The first-order chi connectivity index (χ1) is 16.4. The number of nitrogens with one attached hydrogen (secondary N) is 1. The Hall–Kier alpha value is -3.55. The van der Waals surface area contributed by atoms with Crippen LogP contribution in [-0.4, -0.2) is 71.9 Å². The summed E-state index contributed by atoms with van der Waals surface area (Å²) in [5.74, 6) is -0.0894. The maximum atomic E-state index is 12.8. The van der Waals surface area contributed by atoms with Gasteiger partial charge in [0.05, 0.1) is 7.11 Å². The molecule has 0 spiro atoms. The van der Waals surface area contributed by atoms with E-state index in [1.165, 1.54) is 0 Å². The molecular weight excluding hydrogens is 432 g/mol. The normalized spacial score (nSPS) is 17.2. The third-order valence-corrected chi connectivity index (χ3v) is 6.63. The van der Waals surface area contributed by atoms with E-state index in [-0.39, 0.29) is 12.1 Å². The molecule has 0 aromatic heterocycles. The molecule has 2 fully saturated rings.